The highest BCUT2D eigenvalue weighted by atomic mass is 16.3. The number of aromatic hydroxyl groups is 1. The maximum atomic E-state index is 13.8. The Bertz CT molecular complexity index is 1380. The first-order valence-electron chi connectivity index (χ1n) is 12.9. The Hall–Kier alpha value is -4.32. The monoisotopic (exact) mass is 529 g/mol. The molecule has 3 aromatic rings. The van der Waals surface area contributed by atoms with Crippen LogP contribution in [0.5, 0.6) is 5.75 Å². The van der Waals surface area contributed by atoms with Gasteiger partial charge in [0.05, 0.1) is 19.6 Å². The number of carbonyl (C=O) groups excluding carboxylic acids is 3. The summed E-state index contributed by atoms with van der Waals surface area (Å²) in [6, 6.07) is 13.3. The molecule has 0 aliphatic carbocycles. The number of imidazole rings is 1. The van der Waals surface area contributed by atoms with Gasteiger partial charge in [-0.15, -0.1) is 0 Å². The summed E-state index contributed by atoms with van der Waals surface area (Å²) < 4.78 is 1.85. The van der Waals surface area contributed by atoms with Crippen molar-refractivity contribution in [3.05, 3.63) is 77.9 Å². The first-order chi connectivity index (χ1) is 18.7. The number of amides is 4. The Labute approximate surface area is 228 Å². The first-order valence-corrected chi connectivity index (χ1v) is 12.9. The Balaban J connectivity index is 1.45. The summed E-state index contributed by atoms with van der Waals surface area (Å²) >= 11 is 0. The number of phenols is 1. The van der Waals surface area contributed by atoms with Crippen LogP contribution >= 0.6 is 0 Å². The normalized spacial score (nSPS) is 19.8. The zero-order valence-electron chi connectivity index (χ0n) is 22.3. The first kappa shape index (κ1) is 26.3. The van der Waals surface area contributed by atoms with Crippen molar-refractivity contribution in [1.82, 2.24) is 34.7 Å². The molecule has 4 amide bonds. The third-order valence-corrected chi connectivity index (χ3v) is 7.29. The number of rotatable bonds is 6. The van der Waals surface area contributed by atoms with E-state index in [1.54, 1.807) is 57.3 Å². The SMILES string of the molecule is Bc1cccc(CNC(=O)N2C3CN(Cc4nccn4C)C(=O)[C@H](Cc4ccc(O)cc4)N3C(=O)CN2C)c1. The van der Waals surface area contributed by atoms with Gasteiger partial charge in [-0.05, 0) is 23.3 Å². The van der Waals surface area contributed by atoms with Crippen molar-refractivity contribution >= 4 is 31.2 Å². The van der Waals surface area contributed by atoms with Gasteiger partial charge in [0.1, 0.15) is 31.6 Å². The molecule has 0 radical (unpaired) electrons. The van der Waals surface area contributed by atoms with Crippen molar-refractivity contribution in [2.45, 2.75) is 31.7 Å². The molecule has 2 fully saturated rings. The maximum Gasteiger partial charge on any atom is 0.334 e. The summed E-state index contributed by atoms with van der Waals surface area (Å²) in [5.74, 6) is 0.389. The van der Waals surface area contributed by atoms with Crippen LogP contribution in [0.15, 0.2) is 60.9 Å². The van der Waals surface area contributed by atoms with E-state index in [1.165, 1.54) is 0 Å². The number of piperazine rings is 1. The molecule has 2 N–H and O–H groups in total. The number of fused-ring (bicyclic) bond motifs is 1. The molecule has 12 heteroatoms. The standard InChI is InChI=1S/C27H32BN7O4/c1-31-11-10-29-23(31)15-33-16-24-34(22(26(33)38)13-18-6-8-21(36)9-7-18)25(37)17-32(2)35(24)27(39)30-14-19-4-3-5-20(28)12-19/h3-12,22,24,36H,13-17,28H2,1-2H3,(H,30,39)/t22-,24?/m0/s1. The van der Waals surface area contributed by atoms with E-state index >= 15 is 0 Å². The van der Waals surface area contributed by atoms with Crippen LogP contribution in [0.2, 0.25) is 0 Å². The highest BCUT2D eigenvalue weighted by Gasteiger charge is 2.50. The topological polar surface area (TPSA) is 114 Å². The molecule has 2 aliphatic heterocycles. The van der Waals surface area contributed by atoms with Gasteiger partial charge in [-0.1, -0.05) is 41.9 Å². The van der Waals surface area contributed by atoms with Crippen molar-refractivity contribution in [2.24, 2.45) is 7.05 Å². The summed E-state index contributed by atoms with van der Waals surface area (Å²) in [6.45, 7) is 0.687. The van der Waals surface area contributed by atoms with E-state index < -0.39 is 12.2 Å². The lowest BCUT2D eigenvalue weighted by atomic mass is 9.94. The Kier molecular flexibility index (Phi) is 7.29. The lowest BCUT2D eigenvalue weighted by Gasteiger charge is -2.54. The molecule has 3 heterocycles. The third kappa shape index (κ3) is 5.46. The highest BCUT2D eigenvalue weighted by molar-refractivity contribution is 6.32. The number of phenolic OH excluding ortho intramolecular Hbond substituents is 1. The number of nitrogens with zero attached hydrogens (tertiary/aromatic N) is 6. The fourth-order valence-electron chi connectivity index (χ4n) is 5.30. The minimum Gasteiger partial charge on any atom is -0.508 e. The Morgan fingerprint density at radius 3 is 2.59 bits per heavy atom. The minimum atomic E-state index is -0.818. The molecule has 202 valence electrons. The van der Waals surface area contributed by atoms with E-state index in [2.05, 4.69) is 10.3 Å². The van der Waals surface area contributed by atoms with Crippen LogP contribution in [0.25, 0.3) is 0 Å². The number of hydrogen-bond donors (Lipinski definition) is 2. The van der Waals surface area contributed by atoms with Crippen LogP contribution in [-0.2, 0) is 36.1 Å². The molecule has 5 rings (SSSR count). The molecule has 1 unspecified atom stereocenters. The smallest absolute Gasteiger partial charge is 0.334 e. The van der Waals surface area contributed by atoms with Crippen molar-refractivity contribution in [1.29, 1.82) is 0 Å². The van der Waals surface area contributed by atoms with Crippen LogP contribution in [0.1, 0.15) is 17.0 Å². The molecule has 2 atom stereocenters. The lowest BCUT2D eigenvalue weighted by molar-refractivity contribution is -0.187. The zero-order chi connectivity index (χ0) is 27.7. The average Bonchev–Trinajstić information content (AvgIpc) is 3.30. The second-order valence-electron chi connectivity index (χ2n) is 10.1. The second-order valence-corrected chi connectivity index (χ2v) is 10.1. The fourth-order valence-corrected chi connectivity index (χ4v) is 5.30. The molecular weight excluding hydrogens is 497 g/mol. The molecular formula is C27H32BN7O4. The highest BCUT2D eigenvalue weighted by Crippen LogP contribution is 2.29. The van der Waals surface area contributed by atoms with Gasteiger partial charge in [-0.2, -0.15) is 0 Å². The summed E-state index contributed by atoms with van der Waals surface area (Å²) in [5, 5.41) is 15.9. The molecule has 0 saturated carbocycles. The predicted molar refractivity (Wildman–Crippen MR) is 146 cm³/mol. The fraction of sp³-hybridized carbons (Fsp3) is 0.333. The number of urea groups is 1. The number of aromatic nitrogens is 2. The van der Waals surface area contributed by atoms with Crippen molar-refractivity contribution in [2.75, 3.05) is 20.1 Å². The number of carbonyl (C=O) groups is 3. The minimum absolute atomic E-state index is 0.0346. The van der Waals surface area contributed by atoms with Gasteiger partial charge < -0.3 is 24.8 Å². The Morgan fingerprint density at radius 2 is 1.90 bits per heavy atom. The van der Waals surface area contributed by atoms with Crippen molar-refractivity contribution in [3.8, 4) is 5.75 Å². The van der Waals surface area contributed by atoms with E-state index in [0.717, 1.165) is 16.6 Å². The quantitative estimate of drug-likeness (QED) is 0.419. The van der Waals surface area contributed by atoms with Gasteiger partial charge in [0.15, 0.2) is 0 Å². The van der Waals surface area contributed by atoms with Crippen LogP contribution in [0, 0.1) is 0 Å². The summed E-state index contributed by atoms with van der Waals surface area (Å²) in [7, 11) is 5.56. The van der Waals surface area contributed by atoms with Crippen molar-refractivity contribution < 1.29 is 19.5 Å². The molecule has 2 aromatic carbocycles. The molecule has 39 heavy (non-hydrogen) atoms. The summed E-state index contributed by atoms with van der Waals surface area (Å²) in [4.78, 5) is 48.4. The second kappa shape index (κ2) is 10.8. The molecule has 2 saturated heterocycles. The van der Waals surface area contributed by atoms with Crippen LogP contribution in [-0.4, -0.2) is 92.5 Å². The predicted octanol–water partition coefficient (Wildman–Crippen LogP) is -0.435. The van der Waals surface area contributed by atoms with Crippen molar-refractivity contribution in [3.63, 3.8) is 0 Å². The van der Waals surface area contributed by atoms with E-state index in [0.29, 0.717) is 12.4 Å². The summed E-state index contributed by atoms with van der Waals surface area (Å²) in [5.41, 5.74) is 2.86. The van der Waals surface area contributed by atoms with E-state index in [-0.39, 0.29) is 49.7 Å². The van der Waals surface area contributed by atoms with Gasteiger partial charge in [0.25, 0.3) is 0 Å². The lowest BCUT2D eigenvalue weighted by Crippen LogP contribution is -2.76. The van der Waals surface area contributed by atoms with Crippen LogP contribution in [0.3, 0.4) is 0 Å². The van der Waals surface area contributed by atoms with Gasteiger partial charge >= 0.3 is 6.03 Å². The number of benzene rings is 2. The maximum absolute atomic E-state index is 13.8. The van der Waals surface area contributed by atoms with Crippen LogP contribution in [0.4, 0.5) is 4.79 Å². The molecule has 0 bridgehead atoms. The number of likely N-dealkylation sites (N-methyl/N-ethyl adjacent to an activating group) is 1. The molecule has 2 aliphatic rings. The van der Waals surface area contributed by atoms with Gasteiger partial charge in [0, 0.05) is 39.5 Å². The van der Waals surface area contributed by atoms with Gasteiger partial charge in [0.2, 0.25) is 11.8 Å². The van der Waals surface area contributed by atoms with Gasteiger partial charge in [-0.25, -0.2) is 19.8 Å². The molecule has 0 spiro atoms. The van der Waals surface area contributed by atoms with E-state index in [9.17, 15) is 19.5 Å². The summed E-state index contributed by atoms with van der Waals surface area (Å²) in [6.07, 6.45) is 3.04. The molecule has 11 nitrogen and oxygen atoms in total. The Morgan fingerprint density at radius 1 is 1.13 bits per heavy atom. The van der Waals surface area contributed by atoms with E-state index in [1.807, 2.05) is 49.9 Å². The van der Waals surface area contributed by atoms with Gasteiger partial charge in [-0.3, -0.25) is 9.59 Å². The average molecular weight is 529 g/mol. The number of aryl methyl sites for hydroxylation is 1. The van der Waals surface area contributed by atoms with Crippen LogP contribution < -0.4 is 10.8 Å². The van der Waals surface area contributed by atoms with E-state index in [4.69, 9.17) is 0 Å². The number of hydrazine groups is 1. The number of hydrogen-bond acceptors (Lipinski definition) is 6. The largest absolute Gasteiger partial charge is 0.508 e. The zero-order valence-corrected chi connectivity index (χ0v) is 22.3. The number of nitrogens with one attached hydrogen (secondary N) is 1. The molecule has 1 aromatic heterocycles. The third-order valence-electron chi connectivity index (χ3n) is 7.29.